The molecule has 0 heterocycles. The molecule has 4 nitrogen and oxygen atoms in total. The summed E-state index contributed by atoms with van der Waals surface area (Å²) in [4.78, 5) is 0. The molecule has 0 aliphatic carbocycles. The average Bonchev–Trinajstić information content (AvgIpc) is 2.20. The molecule has 0 spiro atoms. The van der Waals surface area contributed by atoms with Gasteiger partial charge >= 0.3 is 0 Å². The van der Waals surface area contributed by atoms with Crippen LogP contribution < -0.4 is 16.0 Å². The highest BCUT2D eigenvalue weighted by molar-refractivity contribution is 5.03. The zero-order valence-electron chi connectivity index (χ0n) is 8.97. The molecule has 0 amide bonds. The fraction of sp³-hybridized carbons (Fsp3) is 0.273. The average molecular weight is 209 g/mol. The highest BCUT2D eigenvalue weighted by Gasteiger charge is 1.95. The van der Waals surface area contributed by atoms with Crippen LogP contribution in [0.15, 0.2) is 49.7 Å². The summed E-state index contributed by atoms with van der Waals surface area (Å²) in [6.07, 6.45) is 1.61. The molecule has 4 heteroatoms. The van der Waals surface area contributed by atoms with Crippen molar-refractivity contribution in [1.82, 2.24) is 16.0 Å². The lowest BCUT2D eigenvalue weighted by Crippen LogP contribution is -2.28. The Hall–Kier alpha value is -1.84. The van der Waals surface area contributed by atoms with Gasteiger partial charge in [-0.15, -0.1) is 0 Å². The first-order chi connectivity index (χ1) is 7.06. The van der Waals surface area contributed by atoms with Gasteiger partial charge in [0.2, 0.25) is 0 Å². The Labute approximate surface area is 91.1 Å². The van der Waals surface area contributed by atoms with Crippen LogP contribution >= 0.6 is 0 Å². The molecule has 0 radical (unpaired) electrons. The van der Waals surface area contributed by atoms with Gasteiger partial charge < -0.3 is 21.1 Å². The van der Waals surface area contributed by atoms with E-state index in [4.69, 9.17) is 5.11 Å². The first-order valence-corrected chi connectivity index (χ1v) is 4.60. The van der Waals surface area contributed by atoms with Crippen LogP contribution in [0.1, 0.15) is 0 Å². The first-order valence-electron chi connectivity index (χ1n) is 4.60. The van der Waals surface area contributed by atoms with Crippen LogP contribution in [0.5, 0.6) is 0 Å². The third-order valence-electron chi connectivity index (χ3n) is 1.55. The summed E-state index contributed by atoms with van der Waals surface area (Å²) in [5, 5.41) is 17.7. The summed E-state index contributed by atoms with van der Waals surface area (Å²) in [7, 11) is 0. The van der Waals surface area contributed by atoms with Crippen LogP contribution in [0.25, 0.3) is 0 Å². The van der Waals surface area contributed by atoms with Crippen LogP contribution in [0, 0.1) is 0 Å². The topological polar surface area (TPSA) is 56.3 Å². The number of aliphatic hydroxyl groups excluding tert-OH is 1. The third kappa shape index (κ3) is 8.49. The number of hydrogen-bond acceptors (Lipinski definition) is 4. The SMILES string of the molecule is C=CNCC(=C)NCC(=C)NCC(=C)O. The largest absolute Gasteiger partial charge is 0.511 e. The molecule has 0 saturated heterocycles. The van der Waals surface area contributed by atoms with Gasteiger partial charge in [0, 0.05) is 11.4 Å². The van der Waals surface area contributed by atoms with E-state index in [1.807, 2.05) is 0 Å². The Morgan fingerprint density at radius 2 is 1.53 bits per heavy atom. The maximum Gasteiger partial charge on any atom is 0.104 e. The predicted octanol–water partition coefficient (Wildman–Crippen LogP) is 0.998. The Morgan fingerprint density at radius 1 is 1.00 bits per heavy atom. The van der Waals surface area contributed by atoms with E-state index in [1.165, 1.54) is 0 Å². The van der Waals surface area contributed by atoms with E-state index < -0.39 is 0 Å². The Morgan fingerprint density at radius 3 is 2.07 bits per heavy atom. The lowest BCUT2D eigenvalue weighted by atomic mass is 10.4. The Balaban J connectivity index is 3.57. The number of nitrogens with one attached hydrogen (secondary N) is 3. The van der Waals surface area contributed by atoms with Crippen molar-refractivity contribution in [1.29, 1.82) is 0 Å². The van der Waals surface area contributed by atoms with E-state index in [0.717, 1.165) is 11.4 Å². The Kier molecular flexibility index (Phi) is 6.63. The molecule has 0 atom stereocenters. The van der Waals surface area contributed by atoms with Crippen LogP contribution in [-0.2, 0) is 0 Å². The summed E-state index contributed by atoms with van der Waals surface area (Å²) >= 11 is 0. The molecule has 0 fully saturated rings. The molecule has 0 saturated carbocycles. The summed E-state index contributed by atoms with van der Waals surface area (Å²) in [6, 6.07) is 0. The second-order valence-corrected chi connectivity index (χ2v) is 3.07. The molecule has 0 bridgehead atoms. The van der Waals surface area contributed by atoms with Crippen molar-refractivity contribution in [2.45, 2.75) is 0 Å². The van der Waals surface area contributed by atoms with Crippen molar-refractivity contribution >= 4 is 0 Å². The predicted molar refractivity (Wildman–Crippen MR) is 64.3 cm³/mol. The maximum atomic E-state index is 8.84. The van der Waals surface area contributed by atoms with Gasteiger partial charge in [-0.05, 0) is 6.20 Å². The van der Waals surface area contributed by atoms with Gasteiger partial charge in [-0.1, -0.05) is 26.3 Å². The molecule has 84 valence electrons. The van der Waals surface area contributed by atoms with Gasteiger partial charge in [-0.25, -0.2) is 0 Å². The molecule has 4 N–H and O–H groups in total. The van der Waals surface area contributed by atoms with Crippen molar-refractivity contribution < 1.29 is 5.11 Å². The van der Waals surface area contributed by atoms with Gasteiger partial charge in [0.1, 0.15) is 5.76 Å². The minimum atomic E-state index is 0.0864. The van der Waals surface area contributed by atoms with E-state index in [0.29, 0.717) is 19.6 Å². The fourth-order valence-electron chi connectivity index (χ4n) is 0.779. The number of rotatable bonds is 9. The van der Waals surface area contributed by atoms with Gasteiger partial charge in [-0.3, -0.25) is 0 Å². The van der Waals surface area contributed by atoms with Gasteiger partial charge in [0.15, 0.2) is 0 Å². The zero-order valence-corrected chi connectivity index (χ0v) is 8.97. The smallest absolute Gasteiger partial charge is 0.104 e. The normalized spacial score (nSPS) is 8.80. The minimum absolute atomic E-state index is 0.0864. The van der Waals surface area contributed by atoms with Crippen molar-refractivity contribution in [3.63, 3.8) is 0 Å². The molecule has 0 rings (SSSR count). The van der Waals surface area contributed by atoms with Crippen molar-refractivity contribution in [2.24, 2.45) is 0 Å². The second-order valence-electron chi connectivity index (χ2n) is 3.07. The molecular weight excluding hydrogens is 190 g/mol. The van der Waals surface area contributed by atoms with Gasteiger partial charge in [0.05, 0.1) is 19.6 Å². The molecule has 15 heavy (non-hydrogen) atoms. The minimum Gasteiger partial charge on any atom is -0.511 e. The lowest BCUT2D eigenvalue weighted by molar-refractivity contribution is 0.396. The van der Waals surface area contributed by atoms with Crippen molar-refractivity contribution in [3.8, 4) is 0 Å². The summed E-state index contributed by atoms with van der Waals surface area (Å²) < 4.78 is 0. The van der Waals surface area contributed by atoms with E-state index >= 15 is 0 Å². The summed E-state index contributed by atoms with van der Waals surface area (Å²) in [6.45, 7) is 16.0. The lowest BCUT2D eigenvalue weighted by Gasteiger charge is -2.12. The monoisotopic (exact) mass is 209 g/mol. The second kappa shape index (κ2) is 7.55. The van der Waals surface area contributed by atoms with Crippen molar-refractivity contribution in [2.75, 3.05) is 19.6 Å². The maximum absolute atomic E-state index is 8.84. The number of aliphatic hydroxyl groups is 1. The molecule has 0 aromatic carbocycles. The summed E-state index contributed by atoms with van der Waals surface area (Å²) in [5.74, 6) is 0.0864. The quantitative estimate of drug-likeness (QED) is 0.428. The van der Waals surface area contributed by atoms with Gasteiger partial charge in [-0.2, -0.15) is 0 Å². The van der Waals surface area contributed by atoms with E-state index in [-0.39, 0.29) is 5.76 Å². The Bertz CT molecular complexity index is 259. The highest BCUT2D eigenvalue weighted by atomic mass is 16.3. The van der Waals surface area contributed by atoms with E-state index in [2.05, 4.69) is 42.3 Å². The molecule has 0 aromatic rings. The van der Waals surface area contributed by atoms with Crippen LogP contribution in [0.4, 0.5) is 0 Å². The summed E-state index contributed by atoms with van der Waals surface area (Å²) in [5.41, 5.74) is 1.62. The standard InChI is InChI=1S/C11H19N3O/c1-5-12-6-9(2)13-7-10(3)14-8-11(4)15/h5,12-15H,1-4,6-8H2. The number of hydrogen-bond donors (Lipinski definition) is 4. The molecule has 0 aliphatic heterocycles. The molecule has 0 unspecified atom stereocenters. The first kappa shape index (κ1) is 13.2. The van der Waals surface area contributed by atoms with Gasteiger partial charge in [0.25, 0.3) is 0 Å². The van der Waals surface area contributed by atoms with Crippen molar-refractivity contribution in [3.05, 3.63) is 49.7 Å². The van der Waals surface area contributed by atoms with Crippen LogP contribution in [0.3, 0.4) is 0 Å². The molecular formula is C11H19N3O. The highest BCUT2D eigenvalue weighted by Crippen LogP contribution is 1.87. The van der Waals surface area contributed by atoms with E-state index in [1.54, 1.807) is 6.20 Å². The molecule has 0 aliphatic rings. The molecule has 0 aromatic heterocycles. The van der Waals surface area contributed by atoms with Crippen LogP contribution in [0.2, 0.25) is 0 Å². The third-order valence-corrected chi connectivity index (χ3v) is 1.55. The van der Waals surface area contributed by atoms with Crippen LogP contribution in [-0.4, -0.2) is 24.7 Å². The zero-order chi connectivity index (χ0) is 11.7. The fourth-order valence-corrected chi connectivity index (χ4v) is 0.779. The van der Waals surface area contributed by atoms with E-state index in [9.17, 15) is 0 Å².